The largest absolute Gasteiger partial charge is 0.480 e. The van der Waals surface area contributed by atoms with Gasteiger partial charge in [-0.15, -0.1) is 12.4 Å². The quantitative estimate of drug-likeness (QED) is 0.294. The molecule has 0 aromatic rings. The number of amides is 1. The van der Waals surface area contributed by atoms with Crippen molar-refractivity contribution in [2.24, 2.45) is 16.5 Å². The lowest BCUT2D eigenvalue weighted by atomic mass is 10.1. The highest BCUT2D eigenvalue weighted by Crippen LogP contribution is 2.07. The molecular formula is C11H25ClN4O5. The zero-order chi connectivity index (χ0) is 15.1. The number of carboxylic acid groups (broad SMARTS) is 1. The molecule has 10 heteroatoms. The van der Waals surface area contributed by atoms with Gasteiger partial charge in [0.05, 0.1) is 0 Å². The molecule has 0 bridgehead atoms. The topological polar surface area (TPSA) is 172 Å². The summed E-state index contributed by atoms with van der Waals surface area (Å²) in [6, 6.07) is -1.02. The Morgan fingerprint density at radius 1 is 1.33 bits per heavy atom. The number of carboxylic acids is 1. The van der Waals surface area contributed by atoms with E-state index >= 15 is 0 Å². The van der Waals surface area contributed by atoms with Crippen LogP contribution in [-0.4, -0.2) is 46.8 Å². The number of aliphatic imine (C=N–C) groups is 1. The van der Waals surface area contributed by atoms with Crippen molar-refractivity contribution in [1.29, 1.82) is 0 Å². The lowest BCUT2D eigenvalue weighted by Gasteiger charge is -2.21. The maximum Gasteiger partial charge on any atom is 0.408 e. The van der Waals surface area contributed by atoms with Gasteiger partial charge in [0.25, 0.3) is 0 Å². The summed E-state index contributed by atoms with van der Waals surface area (Å²) in [4.78, 5) is 26.2. The molecule has 1 amide bonds. The van der Waals surface area contributed by atoms with Crippen molar-refractivity contribution in [1.82, 2.24) is 5.32 Å². The van der Waals surface area contributed by atoms with Crippen LogP contribution in [0.3, 0.4) is 0 Å². The van der Waals surface area contributed by atoms with E-state index in [1.807, 2.05) is 0 Å². The predicted molar refractivity (Wildman–Crippen MR) is 81.6 cm³/mol. The van der Waals surface area contributed by atoms with Crippen molar-refractivity contribution in [2.75, 3.05) is 6.54 Å². The summed E-state index contributed by atoms with van der Waals surface area (Å²) in [6.07, 6.45) is -0.113. The van der Waals surface area contributed by atoms with Crippen molar-refractivity contribution >= 4 is 30.4 Å². The van der Waals surface area contributed by atoms with Gasteiger partial charge in [0.15, 0.2) is 5.96 Å². The molecule has 126 valence electrons. The first-order valence-electron chi connectivity index (χ1n) is 5.89. The molecule has 0 aliphatic rings. The van der Waals surface area contributed by atoms with Gasteiger partial charge in [-0.2, -0.15) is 0 Å². The van der Waals surface area contributed by atoms with E-state index in [-0.39, 0.29) is 30.3 Å². The van der Waals surface area contributed by atoms with Crippen LogP contribution in [0.1, 0.15) is 33.6 Å². The average molecular weight is 329 g/mol. The van der Waals surface area contributed by atoms with Crippen molar-refractivity contribution in [3.05, 3.63) is 0 Å². The molecule has 9 nitrogen and oxygen atoms in total. The predicted octanol–water partition coefficient (Wildman–Crippen LogP) is -0.385. The molecule has 1 atom stereocenters. The van der Waals surface area contributed by atoms with Crippen molar-refractivity contribution < 1.29 is 24.9 Å². The van der Waals surface area contributed by atoms with Gasteiger partial charge >= 0.3 is 12.1 Å². The molecule has 0 aliphatic carbocycles. The van der Waals surface area contributed by atoms with Gasteiger partial charge in [0, 0.05) is 6.54 Å². The van der Waals surface area contributed by atoms with E-state index in [0.717, 1.165) is 0 Å². The van der Waals surface area contributed by atoms with E-state index in [2.05, 4.69) is 10.3 Å². The first kappa shape index (κ1) is 24.3. The Labute approximate surface area is 129 Å². The molecule has 0 aliphatic heterocycles. The van der Waals surface area contributed by atoms with E-state index in [9.17, 15) is 9.59 Å². The second-order valence-corrected chi connectivity index (χ2v) is 4.99. The first-order valence-corrected chi connectivity index (χ1v) is 5.89. The molecule has 0 heterocycles. The highest BCUT2D eigenvalue weighted by molar-refractivity contribution is 5.85. The Bertz CT molecular complexity index is 353. The van der Waals surface area contributed by atoms with E-state index < -0.39 is 23.7 Å². The van der Waals surface area contributed by atoms with Gasteiger partial charge < -0.3 is 32.1 Å². The van der Waals surface area contributed by atoms with Crippen molar-refractivity contribution in [3.63, 3.8) is 0 Å². The molecule has 0 radical (unpaired) electrons. The first-order chi connectivity index (χ1) is 8.61. The van der Waals surface area contributed by atoms with Crippen LogP contribution < -0.4 is 16.8 Å². The normalized spacial score (nSPS) is 11.2. The van der Waals surface area contributed by atoms with Crippen LogP contribution in [0.5, 0.6) is 0 Å². The van der Waals surface area contributed by atoms with Crippen LogP contribution in [-0.2, 0) is 9.53 Å². The van der Waals surface area contributed by atoms with Gasteiger partial charge in [0.2, 0.25) is 0 Å². The Morgan fingerprint density at radius 3 is 2.24 bits per heavy atom. The smallest absolute Gasteiger partial charge is 0.408 e. The third-order valence-corrected chi connectivity index (χ3v) is 1.93. The zero-order valence-corrected chi connectivity index (χ0v) is 13.2. The fourth-order valence-corrected chi connectivity index (χ4v) is 1.21. The third-order valence-electron chi connectivity index (χ3n) is 1.93. The number of halogens is 1. The van der Waals surface area contributed by atoms with Crippen LogP contribution in [0.25, 0.3) is 0 Å². The van der Waals surface area contributed by atoms with Gasteiger partial charge in [0.1, 0.15) is 11.6 Å². The van der Waals surface area contributed by atoms with E-state index in [4.69, 9.17) is 21.3 Å². The van der Waals surface area contributed by atoms with E-state index in [1.165, 1.54) is 0 Å². The molecule has 0 aromatic heterocycles. The Kier molecular flexibility index (Phi) is 12.7. The Balaban J connectivity index is -0.00000162. The maximum absolute atomic E-state index is 11.5. The third kappa shape index (κ3) is 14.5. The number of hydrogen-bond acceptors (Lipinski definition) is 4. The summed E-state index contributed by atoms with van der Waals surface area (Å²) in [5.74, 6) is -1.18. The standard InChI is InChI=1S/C11H22N4O4.ClH.H2O/c1-11(2,3)19-10(18)15-7(8(16)17)5-4-6-14-9(12)13;;/h7H,4-6H2,1-3H3,(H,15,18)(H,16,17)(H4,12,13,14);1H;1H2. The number of nitrogens with two attached hydrogens (primary N) is 2. The van der Waals surface area contributed by atoms with Crippen LogP contribution >= 0.6 is 12.4 Å². The van der Waals surface area contributed by atoms with Gasteiger partial charge in [-0.25, -0.2) is 9.59 Å². The summed E-state index contributed by atoms with van der Waals surface area (Å²) in [6.45, 7) is 5.39. The number of carbonyl (C=O) groups is 2. The number of guanidine groups is 1. The Morgan fingerprint density at radius 2 is 1.86 bits per heavy atom. The van der Waals surface area contributed by atoms with Gasteiger partial charge in [-0.05, 0) is 33.6 Å². The number of alkyl carbamates (subject to hydrolysis) is 1. The number of carbonyl (C=O) groups excluding carboxylic acids is 1. The minimum Gasteiger partial charge on any atom is -0.480 e. The van der Waals surface area contributed by atoms with E-state index in [0.29, 0.717) is 13.0 Å². The Hall–Kier alpha value is -1.74. The second-order valence-electron chi connectivity index (χ2n) is 4.99. The molecule has 0 rings (SSSR count). The number of ether oxygens (including phenoxy) is 1. The molecule has 0 spiro atoms. The highest BCUT2D eigenvalue weighted by Gasteiger charge is 2.23. The maximum atomic E-state index is 11.5. The minimum absolute atomic E-state index is 0. The zero-order valence-electron chi connectivity index (χ0n) is 12.4. The van der Waals surface area contributed by atoms with Crippen molar-refractivity contribution in [3.8, 4) is 0 Å². The molecule has 0 saturated heterocycles. The summed E-state index contributed by atoms with van der Waals surface area (Å²) < 4.78 is 4.98. The van der Waals surface area contributed by atoms with Crippen LogP contribution in [0, 0.1) is 0 Å². The highest BCUT2D eigenvalue weighted by atomic mass is 35.5. The molecule has 8 N–H and O–H groups in total. The number of nitrogens with zero attached hydrogens (tertiary/aromatic N) is 1. The number of nitrogens with one attached hydrogen (secondary N) is 1. The monoisotopic (exact) mass is 328 g/mol. The number of aliphatic carboxylic acids is 1. The molecule has 0 saturated carbocycles. The van der Waals surface area contributed by atoms with Gasteiger partial charge in [-0.1, -0.05) is 0 Å². The van der Waals surface area contributed by atoms with Crippen LogP contribution in [0.2, 0.25) is 0 Å². The van der Waals surface area contributed by atoms with Gasteiger partial charge in [-0.3, -0.25) is 4.99 Å². The summed E-state index contributed by atoms with van der Waals surface area (Å²) in [5, 5.41) is 11.3. The summed E-state index contributed by atoms with van der Waals surface area (Å²) >= 11 is 0. The van der Waals surface area contributed by atoms with E-state index in [1.54, 1.807) is 20.8 Å². The second kappa shape index (κ2) is 11.0. The fraction of sp³-hybridized carbons (Fsp3) is 0.727. The molecule has 0 fully saturated rings. The van der Waals surface area contributed by atoms with Crippen LogP contribution in [0.4, 0.5) is 4.79 Å². The molecular weight excluding hydrogens is 304 g/mol. The fourth-order valence-electron chi connectivity index (χ4n) is 1.21. The molecule has 0 aromatic carbocycles. The number of hydrogen-bond donors (Lipinski definition) is 4. The lowest BCUT2D eigenvalue weighted by Crippen LogP contribution is -2.43. The summed E-state index contributed by atoms with van der Waals surface area (Å²) in [7, 11) is 0. The molecule has 21 heavy (non-hydrogen) atoms. The van der Waals surface area contributed by atoms with Crippen LogP contribution in [0.15, 0.2) is 4.99 Å². The SMILES string of the molecule is CC(C)(C)OC(=O)NC(CCCN=C(N)N)C(=O)O.Cl.O. The minimum atomic E-state index is -1.13. The summed E-state index contributed by atoms with van der Waals surface area (Å²) in [5.41, 5.74) is 9.61. The lowest BCUT2D eigenvalue weighted by molar-refractivity contribution is -0.139. The molecule has 1 unspecified atom stereocenters. The van der Waals surface area contributed by atoms with Crippen molar-refractivity contribution in [2.45, 2.75) is 45.3 Å². The number of rotatable bonds is 6. The average Bonchev–Trinajstić information content (AvgIpc) is 2.19.